The van der Waals surface area contributed by atoms with E-state index < -0.39 is 9.84 Å². The van der Waals surface area contributed by atoms with Crippen molar-refractivity contribution in [2.45, 2.75) is 37.5 Å². The fourth-order valence-corrected chi connectivity index (χ4v) is 5.16. The molecule has 3 rings (SSSR count). The van der Waals surface area contributed by atoms with E-state index in [-0.39, 0.29) is 5.97 Å². The lowest BCUT2D eigenvalue weighted by Gasteiger charge is -2.34. The van der Waals surface area contributed by atoms with E-state index in [1.807, 2.05) is 24.1 Å². The van der Waals surface area contributed by atoms with Gasteiger partial charge in [-0.1, -0.05) is 24.3 Å². The number of carbonyl (C=O) groups is 1. The van der Waals surface area contributed by atoms with Crippen molar-refractivity contribution in [2.24, 2.45) is 0 Å². The molecular weight excluding hydrogens is 350 g/mol. The summed E-state index contributed by atoms with van der Waals surface area (Å²) < 4.78 is 31.1. The first-order valence-corrected chi connectivity index (χ1v) is 10.1. The number of para-hydroxylation sites is 1. The second-order valence-corrected chi connectivity index (χ2v) is 8.55. The molecule has 5 nitrogen and oxygen atoms in total. The molecule has 0 amide bonds. The molecule has 6 heteroatoms. The van der Waals surface area contributed by atoms with Gasteiger partial charge in [0, 0.05) is 18.3 Å². The molecule has 26 heavy (non-hydrogen) atoms. The monoisotopic (exact) mass is 373 g/mol. The van der Waals surface area contributed by atoms with Crippen LogP contribution in [0, 0.1) is 0 Å². The van der Waals surface area contributed by atoms with Gasteiger partial charge < -0.3 is 9.64 Å². The molecule has 1 aliphatic heterocycles. The van der Waals surface area contributed by atoms with Crippen molar-refractivity contribution in [2.75, 3.05) is 18.6 Å². The van der Waals surface area contributed by atoms with Crippen molar-refractivity contribution in [3.05, 3.63) is 58.7 Å². The first kappa shape index (κ1) is 18.5. The lowest BCUT2D eigenvalue weighted by molar-refractivity contribution is -0.139. The number of rotatable bonds is 5. The van der Waals surface area contributed by atoms with Crippen molar-refractivity contribution in [1.29, 1.82) is 0 Å². The van der Waals surface area contributed by atoms with Gasteiger partial charge >= 0.3 is 5.97 Å². The molecule has 0 N–H and O–H groups in total. The number of benzene rings is 1. The number of ether oxygens (including phenoxy) is 1. The SMILES string of the molecule is C=C(C)C(=O)OCCCC1=CC2=C(CC1)N(C)c1ccccc1S2(=O)=O. The second-order valence-electron chi connectivity index (χ2n) is 6.66. The lowest BCUT2D eigenvalue weighted by Crippen LogP contribution is -2.29. The zero-order valence-electron chi connectivity index (χ0n) is 15.1. The summed E-state index contributed by atoms with van der Waals surface area (Å²) in [5, 5.41) is 0. The maximum atomic E-state index is 13.0. The summed E-state index contributed by atoms with van der Waals surface area (Å²) in [4.78, 5) is 14.1. The average Bonchev–Trinajstić information content (AvgIpc) is 2.63. The Morgan fingerprint density at radius 3 is 2.73 bits per heavy atom. The third-order valence-electron chi connectivity index (χ3n) is 4.74. The van der Waals surface area contributed by atoms with E-state index in [0.717, 1.165) is 23.4 Å². The van der Waals surface area contributed by atoms with E-state index in [0.29, 0.717) is 41.2 Å². The van der Waals surface area contributed by atoms with Gasteiger partial charge in [-0.25, -0.2) is 13.2 Å². The molecule has 2 aliphatic rings. The Bertz CT molecular complexity index is 925. The first-order chi connectivity index (χ1) is 12.3. The minimum Gasteiger partial charge on any atom is -0.462 e. The van der Waals surface area contributed by atoms with Crippen LogP contribution in [0.25, 0.3) is 0 Å². The highest BCUT2D eigenvalue weighted by atomic mass is 32.2. The smallest absolute Gasteiger partial charge is 0.333 e. The van der Waals surface area contributed by atoms with E-state index in [1.165, 1.54) is 0 Å². The molecule has 0 saturated heterocycles. The lowest BCUT2D eigenvalue weighted by atomic mass is 9.97. The van der Waals surface area contributed by atoms with Gasteiger partial charge in [0.1, 0.15) is 0 Å². The molecule has 0 radical (unpaired) electrons. The molecular formula is C20H23NO4S. The Labute approximate surface area is 154 Å². The van der Waals surface area contributed by atoms with Crippen molar-refractivity contribution < 1.29 is 17.9 Å². The summed E-state index contributed by atoms with van der Waals surface area (Å²) in [5.41, 5.74) is 3.04. The fraction of sp³-hybridized carbons (Fsp3) is 0.350. The van der Waals surface area contributed by atoms with Crippen molar-refractivity contribution in [1.82, 2.24) is 0 Å². The molecule has 0 saturated carbocycles. The van der Waals surface area contributed by atoms with Gasteiger partial charge in [-0.05, 0) is 50.8 Å². The number of hydrogen-bond donors (Lipinski definition) is 0. The number of esters is 1. The molecule has 1 aromatic carbocycles. The zero-order chi connectivity index (χ0) is 18.9. The minimum atomic E-state index is -3.50. The Morgan fingerprint density at radius 1 is 1.27 bits per heavy atom. The second kappa shape index (κ2) is 7.11. The van der Waals surface area contributed by atoms with Crippen molar-refractivity contribution in [3.63, 3.8) is 0 Å². The molecule has 0 spiro atoms. The van der Waals surface area contributed by atoms with Gasteiger partial charge in [0.25, 0.3) is 0 Å². The fourth-order valence-electron chi connectivity index (χ4n) is 3.32. The van der Waals surface area contributed by atoms with Gasteiger partial charge in [0.05, 0.1) is 22.1 Å². The molecule has 138 valence electrons. The highest BCUT2D eigenvalue weighted by molar-refractivity contribution is 7.95. The summed E-state index contributed by atoms with van der Waals surface area (Å²) in [6.07, 6.45) is 4.69. The Morgan fingerprint density at radius 2 is 2.00 bits per heavy atom. The van der Waals surface area contributed by atoms with Gasteiger partial charge in [-0.2, -0.15) is 0 Å². The number of allylic oxidation sites excluding steroid dienone is 3. The zero-order valence-corrected chi connectivity index (χ0v) is 15.9. The van der Waals surface area contributed by atoms with Crippen LogP contribution >= 0.6 is 0 Å². The molecule has 1 aliphatic carbocycles. The highest BCUT2D eigenvalue weighted by Gasteiger charge is 2.35. The van der Waals surface area contributed by atoms with Crippen molar-refractivity contribution >= 4 is 21.5 Å². The predicted molar refractivity (Wildman–Crippen MR) is 101 cm³/mol. The largest absolute Gasteiger partial charge is 0.462 e. The van der Waals surface area contributed by atoms with Crippen LogP contribution in [0.5, 0.6) is 0 Å². The van der Waals surface area contributed by atoms with E-state index in [1.54, 1.807) is 25.1 Å². The number of carbonyl (C=O) groups excluding carboxylic acids is 1. The molecule has 0 bridgehead atoms. The topological polar surface area (TPSA) is 63.7 Å². The molecule has 0 fully saturated rings. The molecule has 0 atom stereocenters. The van der Waals surface area contributed by atoms with E-state index in [4.69, 9.17) is 4.74 Å². The first-order valence-electron chi connectivity index (χ1n) is 8.65. The van der Waals surface area contributed by atoms with E-state index in [9.17, 15) is 13.2 Å². The highest BCUT2D eigenvalue weighted by Crippen LogP contribution is 2.43. The van der Waals surface area contributed by atoms with Crippen LogP contribution in [0.2, 0.25) is 0 Å². The number of sulfone groups is 1. The van der Waals surface area contributed by atoms with Crippen LogP contribution < -0.4 is 4.90 Å². The van der Waals surface area contributed by atoms with Gasteiger partial charge in [0.2, 0.25) is 9.84 Å². The standard InChI is InChI=1S/C20H23NO4S/c1-14(2)20(22)25-12-6-7-15-10-11-17-19(13-15)26(23,24)18-9-5-4-8-16(18)21(17)3/h4-5,8-9,13H,1,6-7,10-12H2,2-3H3. The van der Waals surface area contributed by atoms with E-state index in [2.05, 4.69) is 6.58 Å². The van der Waals surface area contributed by atoms with Crippen LogP contribution in [0.3, 0.4) is 0 Å². The maximum Gasteiger partial charge on any atom is 0.333 e. The van der Waals surface area contributed by atoms with Crippen molar-refractivity contribution in [3.8, 4) is 0 Å². The quantitative estimate of drug-likeness (QED) is 0.447. The third-order valence-corrected chi connectivity index (χ3v) is 6.59. The Balaban J connectivity index is 1.77. The average molecular weight is 373 g/mol. The molecule has 0 aromatic heterocycles. The van der Waals surface area contributed by atoms with Crippen LogP contribution in [-0.4, -0.2) is 28.0 Å². The van der Waals surface area contributed by atoms with Gasteiger partial charge in [-0.15, -0.1) is 0 Å². The maximum absolute atomic E-state index is 13.0. The van der Waals surface area contributed by atoms with Crippen LogP contribution in [-0.2, 0) is 19.4 Å². The Hall–Kier alpha value is -2.34. The van der Waals surface area contributed by atoms with Crippen LogP contribution in [0.1, 0.15) is 32.6 Å². The summed E-state index contributed by atoms with van der Waals surface area (Å²) in [7, 11) is -1.58. The van der Waals surface area contributed by atoms with E-state index >= 15 is 0 Å². The third kappa shape index (κ3) is 3.33. The number of anilines is 1. The summed E-state index contributed by atoms with van der Waals surface area (Å²) in [6, 6.07) is 7.10. The van der Waals surface area contributed by atoms with Crippen LogP contribution in [0.15, 0.2) is 63.6 Å². The van der Waals surface area contributed by atoms with Crippen LogP contribution in [0.4, 0.5) is 5.69 Å². The minimum absolute atomic E-state index is 0.310. The van der Waals surface area contributed by atoms with Gasteiger partial charge in [0.15, 0.2) is 0 Å². The Kier molecular flexibility index (Phi) is 5.05. The summed E-state index contributed by atoms with van der Waals surface area (Å²) in [5.74, 6) is -0.388. The number of fused-ring (bicyclic) bond motifs is 1. The molecule has 0 unspecified atom stereocenters. The molecule has 1 heterocycles. The van der Waals surface area contributed by atoms with Gasteiger partial charge in [-0.3, -0.25) is 0 Å². The number of hydrogen-bond acceptors (Lipinski definition) is 5. The normalized spacial score (nSPS) is 17.9. The predicted octanol–water partition coefficient (Wildman–Crippen LogP) is 3.74. The summed E-state index contributed by atoms with van der Waals surface area (Å²) >= 11 is 0. The molecule has 1 aromatic rings. The number of nitrogens with zero attached hydrogens (tertiary/aromatic N) is 1. The summed E-state index contributed by atoms with van der Waals surface area (Å²) in [6.45, 7) is 5.47.